The SMILES string of the molecule is CCCCOc1ccc(C(=O)N2CCCC2CN)cc1OC. The summed E-state index contributed by atoms with van der Waals surface area (Å²) in [4.78, 5) is 14.5. The van der Waals surface area contributed by atoms with Crippen molar-refractivity contribution in [3.63, 3.8) is 0 Å². The zero-order valence-electron chi connectivity index (χ0n) is 13.5. The third-order valence-corrected chi connectivity index (χ3v) is 4.08. The molecule has 5 nitrogen and oxygen atoms in total. The maximum atomic E-state index is 12.6. The highest BCUT2D eigenvalue weighted by Crippen LogP contribution is 2.30. The number of rotatable bonds is 7. The molecule has 122 valence electrons. The van der Waals surface area contributed by atoms with E-state index in [4.69, 9.17) is 15.2 Å². The highest BCUT2D eigenvalue weighted by molar-refractivity contribution is 5.95. The van der Waals surface area contributed by atoms with Gasteiger partial charge in [0.1, 0.15) is 0 Å². The Morgan fingerprint density at radius 3 is 2.91 bits per heavy atom. The van der Waals surface area contributed by atoms with Crippen LogP contribution in [-0.2, 0) is 0 Å². The first-order chi connectivity index (χ1) is 10.7. The Morgan fingerprint density at radius 2 is 2.23 bits per heavy atom. The molecule has 22 heavy (non-hydrogen) atoms. The first kappa shape index (κ1) is 16.6. The molecule has 1 heterocycles. The molecule has 1 aromatic carbocycles. The lowest BCUT2D eigenvalue weighted by Crippen LogP contribution is -2.39. The lowest BCUT2D eigenvalue weighted by molar-refractivity contribution is 0.0740. The molecule has 1 amide bonds. The molecule has 1 atom stereocenters. The van der Waals surface area contributed by atoms with Crippen LogP contribution in [0.4, 0.5) is 0 Å². The fraction of sp³-hybridized carbons (Fsp3) is 0.588. The summed E-state index contributed by atoms with van der Waals surface area (Å²) in [5.74, 6) is 1.31. The molecule has 0 radical (unpaired) electrons. The van der Waals surface area contributed by atoms with Gasteiger partial charge < -0.3 is 20.1 Å². The van der Waals surface area contributed by atoms with Gasteiger partial charge in [0.05, 0.1) is 13.7 Å². The molecular formula is C17H26N2O3. The molecule has 2 rings (SSSR count). The molecule has 1 saturated heterocycles. The summed E-state index contributed by atoms with van der Waals surface area (Å²) in [6, 6.07) is 5.53. The summed E-state index contributed by atoms with van der Waals surface area (Å²) in [6.45, 7) is 4.06. The van der Waals surface area contributed by atoms with Gasteiger partial charge in [-0.05, 0) is 37.5 Å². The molecule has 1 aliphatic heterocycles. The number of unbranched alkanes of at least 4 members (excludes halogenated alkanes) is 1. The average Bonchev–Trinajstić information content (AvgIpc) is 3.03. The summed E-state index contributed by atoms with van der Waals surface area (Å²) >= 11 is 0. The minimum absolute atomic E-state index is 0.0198. The van der Waals surface area contributed by atoms with Crippen LogP contribution in [0.3, 0.4) is 0 Å². The number of ether oxygens (including phenoxy) is 2. The number of nitrogens with two attached hydrogens (primary N) is 1. The Labute approximate surface area is 132 Å². The van der Waals surface area contributed by atoms with E-state index in [2.05, 4.69) is 6.92 Å². The molecule has 1 unspecified atom stereocenters. The van der Waals surface area contributed by atoms with Crippen LogP contribution in [0.1, 0.15) is 43.0 Å². The van der Waals surface area contributed by atoms with Crippen molar-refractivity contribution in [2.45, 2.75) is 38.6 Å². The predicted octanol–water partition coefficient (Wildman–Crippen LogP) is 2.44. The van der Waals surface area contributed by atoms with Crippen molar-refractivity contribution < 1.29 is 14.3 Å². The first-order valence-corrected chi connectivity index (χ1v) is 8.03. The van der Waals surface area contributed by atoms with Gasteiger partial charge in [-0.15, -0.1) is 0 Å². The van der Waals surface area contributed by atoms with Crippen LogP contribution in [0.25, 0.3) is 0 Å². The topological polar surface area (TPSA) is 64.8 Å². The lowest BCUT2D eigenvalue weighted by atomic mass is 10.1. The van der Waals surface area contributed by atoms with Gasteiger partial charge in [0, 0.05) is 24.7 Å². The summed E-state index contributed by atoms with van der Waals surface area (Å²) in [7, 11) is 1.59. The monoisotopic (exact) mass is 306 g/mol. The number of benzene rings is 1. The fourth-order valence-corrected chi connectivity index (χ4v) is 2.76. The molecule has 0 aliphatic carbocycles. The second-order valence-corrected chi connectivity index (χ2v) is 5.60. The van der Waals surface area contributed by atoms with Crippen LogP contribution in [0.5, 0.6) is 11.5 Å². The van der Waals surface area contributed by atoms with Crippen LogP contribution in [0, 0.1) is 0 Å². The zero-order chi connectivity index (χ0) is 15.9. The van der Waals surface area contributed by atoms with E-state index in [1.165, 1.54) is 0 Å². The van der Waals surface area contributed by atoms with Gasteiger partial charge in [-0.25, -0.2) is 0 Å². The highest BCUT2D eigenvalue weighted by atomic mass is 16.5. The first-order valence-electron chi connectivity index (χ1n) is 8.03. The molecule has 5 heteroatoms. The standard InChI is InChI=1S/C17H26N2O3/c1-3-4-10-22-15-8-7-13(11-16(15)21-2)17(20)19-9-5-6-14(19)12-18/h7-8,11,14H,3-6,9-10,12,18H2,1-2H3. The molecule has 0 aromatic heterocycles. The molecule has 1 aliphatic rings. The third-order valence-electron chi connectivity index (χ3n) is 4.08. The van der Waals surface area contributed by atoms with Crippen molar-refractivity contribution in [1.29, 1.82) is 0 Å². The maximum Gasteiger partial charge on any atom is 0.254 e. The predicted molar refractivity (Wildman–Crippen MR) is 86.5 cm³/mol. The normalized spacial score (nSPS) is 17.6. The van der Waals surface area contributed by atoms with E-state index in [0.29, 0.717) is 30.2 Å². The van der Waals surface area contributed by atoms with E-state index < -0.39 is 0 Å². The quantitative estimate of drug-likeness (QED) is 0.786. The Bertz CT molecular complexity index is 505. The van der Waals surface area contributed by atoms with Crippen LogP contribution >= 0.6 is 0 Å². The van der Waals surface area contributed by atoms with Gasteiger partial charge in [0.2, 0.25) is 0 Å². The van der Waals surface area contributed by atoms with Gasteiger partial charge in [-0.1, -0.05) is 13.3 Å². The van der Waals surface area contributed by atoms with Crippen molar-refractivity contribution in [2.24, 2.45) is 5.73 Å². The zero-order valence-corrected chi connectivity index (χ0v) is 13.5. The molecule has 1 fully saturated rings. The van der Waals surface area contributed by atoms with Gasteiger partial charge in [-0.3, -0.25) is 4.79 Å². The molecule has 1 aromatic rings. The summed E-state index contributed by atoms with van der Waals surface area (Å²) in [5.41, 5.74) is 6.37. The number of likely N-dealkylation sites (tertiary alicyclic amines) is 1. The number of methoxy groups -OCH3 is 1. The Hall–Kier alpha value is -1.75. The number of nitrogens with zero attached hydrogens (tertiary/aromatic N) is 1. The van der Waals surface area contributed by atoms with Crippen molar-refractivity contribution in [1.82, 2.24) is 4.90 Å². The van der Waals surface area contributed by atoms with Crippen LogP contribution in [-0.4, -0.2) is 43.7 Å². The van der Waals surface area contributed by atoms with Crippen LogP contribution in [0.15, 0.2) is 18.2 Å². The molecular weight excluding hydrogens is 280 g/mol. The molecule has 0 spiro atoms. The van der Waals surface area contributed by atoms with E-state index in [1.807, 2.05) is 11.0 Å². The van der Waals surface area contributed by atoms with E-state index in [9.17, 15) is 4.79 Å². The van der Waals surface area contributed by atoms with Crippen LogP contribution < -0.4 is 15.2 Å². The minimum Gasteiger partial charge on any atom is -0.493 e. The van der Waals surface area contributed by atoms with Crippen molar-refractivity contribution in [2.75, 3.05) is 26.8 Å². The van der Waals surface area contributed by atoms with Crippen molar-refractivity contribution >= 4 is 5.91 Å². The van der Waals surface area contributed by atoms with Gasteiger partial charge in [-0.2, -0.15) is 0 Å². The minimum atomic E-state index is 0.0198. The van der Waals surface area contributed by atoms with E-state index in [1.54, 1.807) is 19.2 Å². The van der Waals surface area contributed by atoms with Crippen LogP contribution in [0.2, 0.25) is 0 Å². The largest absolute Gasteiger partial charge is 0.493 e. The molecule has 2 N–H and O–H groups in total. The second-order valence-electron chi connectivity index (χ2n) is 5.60. The van der Waals surface area contributed by atoms with E-state index in [0.717, 1.165) is 32.2 Å². The second kappa shape index (κ2) is 8.03. The molecule has 0 saturated carbocycles. The summed E-state index contributed by atoms with van der Waals surface area (Å²) in [5, 5.41) is 0. The third kappa shape index (κ3) is 3.71. The number of carbonyl (C=O) groups excluding carboxylic acids is 1. The lowest BCUT2D eigenvalue weighted by Gasteiger charge is -2.24. The van der Waals surface area contributed by atoms with Gasteiger partial charge in [0.15, 0.2) is 11.5 Å². The summed E-state index contributed by atoms with van der Waals surface area (Å²) in [6.07, 6.45) is 4.07. The Morgan fingerprint density at radius 1 is 1.41 bits per heavy atom. The van der Waals surface area contributed by atoms with Crippen molar-refractivity contribution in [3.05, 3.63) is 23.8 Å². The number of hydrogen-bond acceptors (Lipinski definition) is 4. The smallest absolute Gasteiger partial charge is 0.254 e. The average molecular weight is 306 g/mol. The van der Waals surface area contributed by atoms with Crippen molar-refractivity contribution in [3.8, 4) is 11.5 Å². The fourth-order valence-electron chi connectivity index (χ4n) is 2.76. The highest BCUT2D eigenvalue weighted by Gasteiger charge is 2.28. The van der Waals surface area contributed by atoms with Gasteiger partial charge in [0.25, 0.3) is 5.91 Å². The number of hydrogen-bond donors (Lipinski definition) is 1. The molecule has 0 bridgehead atoms. The van der Waals surface area contributed by atoms with Gasteiger partial charge >= 0.3 is 0 Å². The summed E-state index contributed by atoms with van der Waals surface area (Å²) < 4.78 is 11.1. The van der Waals surface area contributed by atoms with E-state index in [-0.39, 0.29) is 11.9 Å². The Balaban J connectivity index is 2.12. The number of carbonyl (C=O) groups is 1. The number of amides is 1. The Kier molecular flexibility index (Phi) is 6.07. The maximum absolute atomic E-state index is 12.6. The van der Waals surface area contributed by atoms with E-state index >= 15 is 0 Å².